The quantitative estimate of drug-likeness (QED) is 0.541. The van der Waals surface area contributed by atoms with Gasteiger partial charge in [0.05, 0.1) is 12.6 Å². The zero-order chi connectivity index (χ0) is 18.9. The van der Waals surface area contributed by atoms with E-state index in [0.717, 1.165) is 44.9 Å². The third-order valence-electron chi connectivity index (χ3n) is 4.02. The van der Waals surface area contributed by atoms with Crippen LogP contribution in [-0.4, -0.2) is 68.0 Å². The summed E-state index contributed by atoms with van der Waals surface area (Å²) in [6.07, 6.45) is 2.96. The summed E-state index contributed by atoms with van der Waals surface area (Å²) in [6.45, 7) is 12.7. The van der Waals surface area contributed by atoms with Crippen LogP contribution in [0.15, 0.2) is 4.99 Å². The standard InChI is InChI=1S/C18H36N4O3/c1-7-19-16(21-13-15-9-8-12-24-15)20-11-10-14(2)22(6)17(23)25-18(3,4)5/h14-15H,7-13H2,1-6H3,(H2,19,20,21). The second-order valence-electron chi connectivity index (χ2n) is 7.51. The van der Waals surface area contributed by atoms with E-state index in [0.29, 0.717) is 6.54 Å². The third-order valence-corrected chi connectivity index (χ3v) is 4.02. The van der Waals surface area contributed by atoms with Gasteiger partial charge in [0.1, 0.15) is 5.60 Å². The summed E-state index contributed by atoms with van der Waals surface area (Å²) in [6, 6.07) is 0.0726. The Morgan fingerprint density at radius 2 is 2.12 bits per heavy atom. The number of rotatable bonds is 7. The highest BCUT2D eigenvalue weighted by Crippen LogP contribution is 2.12. The van der Waals surface area contributed by atoms with Crippen molar-refractivity contribution in [3.63, 3.8) is 0 Å². The second-order valence-corrected chi connectivity index (χ2v) is 7.51. The largest absolute Gasteiger partial charge is 0.444 e. The van der Waals surface area contributed by atoms with Gasteiger partial charge < -0.3 is 25.0 Å². The van der Waals surface area contributed by atoms with Crippen molar-refractivity contribution < 1.29 is 14.3 Å². The minimum absolute atomic E-state index is 0.0726. The van der Waals surface area contributed by atoms with E-state index in [9.17, 15) is 4.79 Å². The number of carbonyl (C=O) groups is 1. The van der Waals surface area contributed by atoms with Crippen LogP contribution in [0.2, 0.25) is 0 Å². The summed E-state index contributed by atoms with van der Waals surface area (Å²) in [5, 5.41) is 6.56. The summed E-state index contributed by atoms with van der Waals surface area (Å²) in [4.78, 5) is 18.3. The summed E-state index contributed by atoms with van der Waals surface area (Å²) in [5.74, 6) is 0.796. The lowest BCUT2D eigenvalue weighted by atomic mass is 10.2. The number of nitrogens with zero attached hydrogens (tertiary/aromatic N) is 2. The molecular formula is C18H36N4O3. The molecule has 146 valence electrons. The SMILES string of the molecule is CCNC(=NCC1CCCO1)NCCC(C)N(C)C(=O)OC(C)(C)C. The molecule has 1 aliphatic heterocycles. The van der Waals surface area contributed by atoms with Gasteiger partial charge in [-0.15, -0.1) is 0 Å². The molecule has 1 rings (SSSR count). The van der Waals surface area contributed by atoms with E-state index >= 15 is 0 Å². The van der Waals surface area contributed by atoms with Crippen molar-refractivity contribution in [3.05, 3.63) is 0 Å². The predicted octanol–water partition coefficient (Wildman–Crippen LogP) is 2.37. The molecule has 1 amide bonds. The fraction of sp³-hybridized carbons (Fsp3) is 0.889. The van der Waals surface area contributed by atoms with Crippen LogP contribution in [0.25, 0.3) is 0 Å². The van der Waals surface area contributed by atoms with Gasteiger partial charge in [0.2, 0.25) is 0 Å². The molecule has 0 radical (unpaired) electrons. The Labute approximate surface area is 152 Å². The Morgan fingerprint density at radius 3 is 2.68 bits per heavy atom. The molecule has 0 spiro atoms. The Balaban J connectivity index is 2.37. The zero-order valence-electron chi connectivity index (χ0n) is 16.7. The van der Waals surface area contributed by atoms with E-state index in [1.165, 1.54) is 0 Å². The lowest BCUT2D eigenvalue weighted by Gasteiger charge is -2.29. The number of carbonyl (C=O) groups excluding carboxylic acids is 1. The maximum Gasteiger partial charge on any atom is 0.410 e. The maximum atomic E-state index is 12.1. The van der Waals surface area contributed by atoms with Crippen molar-refractivity contribution >= 4 is 12.1 Å². The van der Waals surface area contributed by atoms with E-state index in [-0.39, 0.29) is 18.2 Å². The van der Waals surface area contributed by atoms with Crippen LogP contribution in [0.3, 0.4) is 0 Å². The lowest BCUT2D eigenvalue weighted by Crippen LogP contribution is -2.43. The molecule has 7 heteroatoms. The van der Waals surface area contributed by atoms with Crippen molar-refractivity contribution in [2.75, 3.05) is 33.3 Å². The molecule has 1 heterocycles. The Morgan fingerprint density at radius 1 is 1.40 bits per heavy atom. The summed E-state index contributed by atoms with van der Waals surface area (Å²) >= 11 is 0. The minimum Gasteiger partial charge on any atom is -0.444 e. The smallest absolute Gasteiger partial charge is 0.410 e. The van der Waals surface area contributed by atoms with Crippen molar-refractivity contribution in [2.24, 2.45) is 4.99 Å². The van der Waals surface area contributed by atoms with Crippen LogP contribution in [-0.2, 0) is 9.47 Å². The molecule has 25 heavy (non-hydrogen) atoms. The minimum atomic E-state index is -0.476. The molecule has 1 aliphatic rings. The number of hydrogen-bond donors (Lipinski definition) is 2. The zero-order valence-corrected chi connectivity index (χ0v) is 16.7. The van der Waals surface area contributed by atoms with E-state index in [1.807, 2.05) is 34.6 Å². The van der Waals surface area contributed by atoms with Gasteiger partial charge in [-0.1, -0.05) is 0 Å². The molecule has 2 atom stereocenters. The summed E-state index contributed by atoms with van der Waals surface area (Å²) in [7, 11) is 1.77. The Kier molecular flexibility index (Phi) is 9.03. The maximum absolute atomic E-state index is 12.1. The van der Waals surface area contributed by atoms with Gasteiger partial charge in [0, 0.05) is 32.8 Å². The van der Waals surface area contributed by atoms with Gasteiger partial charge in [-0.05, 0) is 53.9 Å². The lowest BCUT2D eigenvalue weighted by molar-refractivity contribution is 0.0230. The van der Waals surface area contributed by atoms with Gasteiger partial charge in [-0.25, -0.2) is 4.79 Å². The molecule has 0 saturated carbocycles. The molecule has 7 nitrogen and oxygen atoms in total. The number of nitrogens with one attached hydrogen (secondary N) is 2. The van der Waals surface area contributed by atoms with Crippen LogP contribution in [0.1, 0.15) is 53.9 Å². The number of guanidine groups is 1. The first kappa shape index (κ1) is 21.5. The van der Waals surface area contributed by atoms with E-state index in [2.05, 4.69) is 15.6 Å². The molecule has 0 aromatic carbocycles. The van der Waals surface area contributed by atoms with Crippen LogP contribution < -0.4 is 10.6 Å². The van der Waals surface area contributed by atoms with Crippen molar-refractivity contribution in [3.8, 4) is 0 Å². The highest BCUT2D eigenvalue weighted by Gasteiger charge is 2.22. The first-order valence-electron chi connectivity index (χ1n) is 9.32. The first-order valence-corrected chi connectivity index (χ1v) is 9.32. The average molecular weight is 357 g/mol. The molecule has 0 aliphatic carbocycles. The molecule has 1 fully saturated rings. The van der Waals surface area contributed by atoms with Gasteiger partial charge in [0.25, 0.3) is 0 Å². The highest BCUT2D eigenvalue weighted by atomic mass is 16.6. The van der Waals surface area contributed by atoms with Gasteiger partial charge >= 0.3 is 6.09 Å². The Hall–Kier alpha value is -1.50. The van der Waals surface area contributed by atoms with E-state index in [1.54, 1.807) is 11.9 Å². The fourth-order valence-corrected chi connectivity index (χ4v) is 2.43. The highest BCUT2D eigenvalue weighted by molar-refractivity contribution is 5.79. The monoisotopic (exact) mass is 356 g/mol. The van der Waals surface area contributed by atoms with E-state index in [4.69, 9.17) is 9.47 Å². The topological polar surface area (TPSA) is 75.2 Å². The molecule has 0 aromatic rings. The fourth-order valence-electron chi connectivity index (χ4n) is 2.43. The predicted molar refractivity (Wildman–Crippen MR) is 101 cm³/mol. The molecule has 2 unspecified atom stereocenters. The molecule has 1 saturated heterocycles. The van der Waals surface area contributed by atoms with Gasteiger partial charge in [0.15, 0.2) is 5.96 Å². The Bertz CT molecular complexity index is 429. The number of amides is 1. The average Bonchev–Trinajstić information content (AvgIpc) is 3.03. The van der Waals surface area contributed by atoms with Crippen molar-refractivity contribution in [2.45, 2.75) is 71.6 Å². The first-order chi connectivity index (χ1) is 11.7. The molecule has 2 N–H and O–H groups in total. The van der Waals surface area contributed by atoms with Crippen LogP contribution >= 0.6 is 0 Å². The molecule has 0 bridgehead atoms. The van der Waals surface area contributed by atoms with Gasteiger partial charge in [-0.3, -0.25) is 4.99 Å². The summed E-state index contributed by atoms with van der Waals surface area (Å²) < 4.78 is 11.0. The number of aliphatic imine (C=N–C) groups is 1. The summed E-state index contributed by atoms with van der Waals surface area (Å²) in [5.41, 5.74) is -0.476. The third kappa shape index (κ3) is 8.95. The van der Waals surface area contributed by atoms with E-state index < -0.39 is 5.60 Å². The molecule has 0 aromatic heterocycles. The van der Waals surface area contributed by atoms with Crippen LogP contribution in [0, 0.1) is 0 Å². The van der Waals surface area contributed by atoms with Crippen LogP contribution in [0.4, 0.5) is 4.79 Å². The van der Waals surface area contributed by atoms with Crippen LogP contribution in [0.5, 0.6) is 0 Å². The van der Waals surface area contributed by atoms with Crippen molar-refractivity contribution in [1.82, 2.24) is 15.5 Å². The normalized spacial score (nSPS) is 19.4. The van der Waals surface area contributed by atoms with Crippen molar-refractivity contribution in [1.29, 1.82) is 0 Å². The number of hydrogen-bond acceptors (Lipinski definition) is 4. The number of ether oxygens (including phenoxy) is 2. The second kappa shape index (κ2) is 10.5. The van der Waals surface area contributed by atoms with Gasteiger partial charge in [-0.2, -0.15) is 0 Å². The molecular weight excluding hydrogens is 320 g/mol.